The van der Waals surface area contributed by atoms with Crippen LogP contribution < -0.4 is 15.6 Å². The van der Waals surface area contributed by atoms with Crippen LogP contribution in [0.5, 0.6) is 0 Å². The number of hydrogen-bond donors (Lipinski definition) is 0. The molecule has 1 heteroatoms. The minimum atomic E-state index is -3.49. The topological polar surface area (TPSA) is 0 Å². The fourth-order valence-corrected chi connectivity index (χ4v) is 17.2. The van der Waals surface area contributed by atoms with E-state index in [-0.39, 0.29) is 5.54 Å². The lowest BCUT2D eigenvalue weighted by atomic mass is 9.99. The lowest BCUT2D eigenvalue weighted by molar-refractivity contribution is 1.09. The van der Waals surface area contributed by atoms with E-state index in [0.717, 1.165) is 0 Å². The molecule has 0 atom stereocenters. The average molecular weight is 837 g/mol. The number of allylic oxidation sites excluding steroid dienone is 4. The van der Waals surface area contributed by atoms with Gasteiger partial charge in [-0.25, -0.2) is 0 Å². The molecule has 9 aromatic carbocycles. The Kier molecular flexibility index (Phi) is 11.1. The molecule has 1 aliphatic rings. The van der Waals surface area contributed by atoms with Gasteiger partial charge in [0, 0.05) is 5.54 Å². The van der Waals surface area contributed by atoms with E-state index in [2.05, 4.69) is 264 Å². The van der Waals surface area contributed by atoms with Gasteiger partial charge in [-0.1, -0.05) is 248 Å². The monoisotopic (exact) mass is 836 g/mol. The molecule has 0 aromatic heterocycles. The molecule has 9 aromatic rings. The molecular formula is C63H52Si. The van der Waals surface area contributed by atoms with Gasteiger partial charge in [0.2, 0.25) is 0 Å². The van der Waals surface area contributed by atoms with E-state index < -0.39 is 8.07 Å². The van der Waals surface area contributed by atoms with Gasteiger partial charge >= 0.3 is 0 Å². The summed E-state index contributed by atoms with van der Waals surface area (Å²) in [6.45, 7) is 9.61. The lowest BCUT2D eigenvalue weighted by Crippen LogP contribution is -2.71. The van der Waals surface area contributed by atoms with Crippen LogP contribution in [0.4, 0.5) is 0 Å². The van der Waals surface area contributed by atoms with E-state index >= 15 is 0 Å². The summed E-state index contributed by atoms with van der Waals surface area (Å²) in [5.74, 6) is 0. The summed E-state index contributed by atoms with van der Waals surface area (Å²) in [5, 5.41) is 4.24. The van der Waals surface area contributed by atoms with E-state index in [0.29, 0.717) is 0 Å². The van der Waals surface area contributed by atoms with Crippen LogP contribution in [0.25, 0.3) is 66.8 Å². The number of hydrogen-bond acceptors (Lipinski definition) is 0. The minimum absolute atomic E-state index is 0.0861. The lowest BCUT2D eigenvalue weighted by Gasteiger charge is -2.45. The summed E-state index contributed by atoms with van der Waals surface area (Å²) < 4.78 is 0. The van der Waals surface area contributed by atoms with E-state index in [9.17, 15) is 0 Å². The Labute approximate surface area is 380 Å². The molecule has 0 N–H and O–H groups in total. The number of rotatable bonds is 10. The van der Waals surface area contributed by atoms with Crippen LogP contribution in [-0.2, 0) is 0 Å². The van der Waals surface area contributed by atoms with Gasteiger partial charge in [-0.3, -0.25) is 0 Å². The fourth-order valence-electron chi connectivity index (χ4n) is 10.6. The van der Waals surface area contributed by atoms with E-state index in [4.69, 9.17) is 0 Å². The smallest absolute Gasteiger partial charge is 0.0647 e. The van der Waals surface area contributed by atoms with Crippen molar-refractivity contribution in [1.29, 1.82) is 0 Å². The van der Waals surface area contributed by atoms with Crippen molar-refractivity contribution in [2.75, 3.05) is 0 Å². The van der Waals surface area contributed by atoms with Gasteiger partial charge in [-0.05, 0) is 121 Å². The van der Waals surface area contributed by atoms with E-state index in [1.54, 1.807) is 0 Å². The van der Waals surface area contributed by atoms with Crippen LogP contribution >= 0.6 is 0 Å². The van der Waals surface area contributed by atoms with Crippen LogP contribution in [-0.4, -0.2) is 8.07 Å². The molecule has 0 aliphatic heterocycles. The zero-order valence-electron chi connectivity index (χ0n) is 37.1. The molecule has 0 bridgehead atoms. The van der Waals surface area contributed by atoms with Crippen molar-refractivity contribution >= 4 is 23.6 Å². The molecule has 0 radical (unpaired) electrons. The molecule has 0 saturated heterocycles. The first-order valence-corrected chi connectivity index (χ1v) is 24.6. The Morgan fingerprint density at radius 2 is 0.484 bits per heavy atom. The third-order valence-corrected chi connectivity index (χ3v) is 19.5. The highest BCUT2D eigenvalue weighted by Gasteiger charge is 2.53. The third kappa shape index (κ3) is 7.22. The molecule has 64 heavy (non-hydrogen) atoms. The van der Waals surface area contributed by atoms with E-state index in [1.165, 1.54) is 105 Å². The second-order valence-electron chi connectivity index (χ2n) is 17.3. The number of benzene rings is 9. The first-order valence-electron chi connectivity index (χ1n) is 22.5. The zero-order chi connectivity index (χ0) is 43.6. The Morgan fingerprint density at radius 3 is 0.734 bits per heavy atom. The van der Waals surface area contributed by atoms with Gasteiger partial charge in [0.15, 0.2) is 8.07 Å². The maximum Gasteiger partial charge on any atom is 0.161 e. The van der Waals surface area contributed by atoms with Gasteiger partial charge in [-0.2, -0.15) is 0 Å². The van der Waals surface area contributed by atoms with Crippen molar-refractivity contribution in [1.82, 2.24) is 0 Å². The largest absolute Gasteiger partial charge is 0.161 e. The Morgan fingerprint density at radius 1 is 0.250 bits per heavy atom. The minimum Gasteiger partial charge on any atom is -0.0647 e. The highest BCUT2D eigenvalue weighted by Crippen LogP contribution is 2.49. The standard InChI is InChI=1S/C63H52Si/c1-44-45(2)47(4)63(46(44)3)64(60-41-54(48-23-11-5-12-24-48)35-38-57(60)51-29-17-8-18-30-51,61-42-55(49-25-13-6-14-26-49)36-39-58(61)52-31-19-9-20-32-52)62-43-56(50-27-15-7-16-28-50)37-40-59(62)53-33-21-10-22-34-53/h5-43,63H,1-4H3. The SMILES string of the molecule is CC1=C(C)C([Si](c2cc(-c3ccccc3)ccc2-c2ccccc2)(c2cc(-c3ccccc3)ccc2-c2ccccc2)c2cc(-c3ccccc3)ccc2-c2ccccc2)C(C)=C1C. The van der Waals surface area contributed by atoms with Gasteiger partial charge in [0.05, 0.1) is 0 Å². The highest BCUT2D eigenvalue weighted by molar-refractivity contribution is 7.15. The van der Waals surface area contributed by atoms with Crippen molar-refractivity contribution in [2.24, 2.45) is 0 Å². The van der Waals surface area contributed by atoms with E-state index in [1.807, 2.05) is 0 Å². The predicted octanol–water partition coefficient (Wildman–Crippen LogP) is 15.2. The molecule has 0 saturated carbocycles. The molecule has 0 unspecified atom stereocenters. The predicted molar refractivity (Wildman–Crippen MR) is 277 cm³/mol. The summed E-state index contributed by atoms with van der Waals surface area (Å²) >= 11 is 0. The summed E-state index contributed by atoms with van der Waals surface area (Å²) in [5.41, 5.74) is 20.6. The summed E-state index contributed by atoms with van der Waals surface area (Å²) in [6.07, 6.45) is 0. The maximum atomic E-state index is 2.61. The molecule has 0 fully saturated rings. The van der Waals surface area contributed by atoms with Crippen molar-refractivity contribution in [2.45, 2.75) is 33.2 Å². The summed E-state index contributed by atoms with van der Waals surface area (Å²) in [7, 11) is -3.49. The van der Waals surface area contributed by atoms with Crippen LogP contribution in [0, 0.1) is 0 Å². The van der Waals surface area contributed by atoms with Gasteiger partial charge < -0.3 is 0 Å². The van der Waals surface area contributed by atoms with Crippen LogP contribution in [0.15, 0.2) is 259 Å². The molecule has 10 rings (SSSR count). The molecule has 0 spiro atoms. The third-order valence-electron chi connectivity index (χ3n) is 14.0. The van der Waals surface area contributed by atoms with Gasteiger partial charge in [0.25, 0.3) is 0 Å². The Hall–Kier alpha value is -7.32. The molecule has 308 valence electrons. The van der Waals surface area contributed by atoms with Crippen molar-refractivity contribution in [3.05, 3.63) is 259 Å². The normalized spacial score (nSPS) is 13.1. The van der Waals surface area contributed by atoms with Crippen LogP contribution in [0.3, 0.4) is 0 Å². The first-order chi connectivity index (χ1) is 31.4. The van der Waals surface area contributed by atoms with Crippen LogP contribution in [0.1, 0.15) is 27.7 Å². The van der Waals surface area contributed by atoms with Gasteiger partial charge in [0.1, 0.15) is 0 Å². The Balaban J connectivity index is 1.50. The average Bonchev–Trinajstić information content (AvgIpc) is 3.57. The maximum absolute atomic E-state index is 3.49. The highest BCUT2D eigenvalue weighted by atomic mass is 28.3. The van der Waals surface area contributed by atoms with Crippen molar-refractivity contribution in [3.63, 3.8) is 0 Å². The fraction of sp³-hybridized carbons (Fsp3) is 0.0794. The summed E-state index contributed by atoms with van der Waals surface area (Å²) in [4.78, 5) is 0. The zero-order valence-corrected chi connectivity index (χ0v) is 38.1. The Bertz CT molecular complexity index is 2820. The second kappa shape index (κ2) is 17.4. The van der Waals surface area contributed by atoms with Crippen molar-refractivity contribution in [3.8, 4) is 66.8 Å². The first kappa shape index (κ1) is 40.7. The van der Waals surface area contributed by atoms with Crippen LogP contribution in [0.2, 0.25) is 5.54 Å². The molecule has 0 amide bonds. The molecular weight excluding hydrogens is 785 g/mol. The molecule has 0 nitrogen and oxygen atoms in total. The quantitative estimate of drug-likeness (QED) is 0.0951. The second-order valence-corrected chi connectivity index (χ2v) is 21.1. The molecule has 0 heterocycles. The van der Waals surface area contributed by atoms with Gasteiger partial charge in [-0.15, -0.1) is 0 Å². The summed E-state index contributed by atoms with van der Waals surface area (Å²) in [6, 6.07) is 88.7. The molecule has 1 aliphatic carbocycles. The van der Waals surface area contributed by atoms with Crippen molar-refractivity contribution < 1.29 is 0 Å².